The number of carbonyl (C=O) groups excluding carboxylic acids is 1. The molecule has 0 fully saturated rings. The van der Waals surface area contributed by atoms with Crippen LogP contribution in [0.5, 0.6) is 11.5 Å². The number of carbonyl (C=O) groups is 1. The van der Waals surface area contributed by atoms with E-state index in [1.165, 1.54) is 31.7 Å². The molecular formula is C19H23BrN2O3S. The van der Waals surface area contributed by atoms with E-state index in [0.29, 0.717) is 20.8 Å². The molecule has 2 rings (SSSR count). The van der Waals surface area contributed by atoms with Crippen molar-refractivity contribution in [2.75, 3.05) is 12.9 Å². The van der Waals surface area contributed by atoms with Gasteiger partial charge >= 0.3 is 0 Å². The van der Waals surface area contributed by atoms with Crippen LogP contribution in [-0.4, -0.2) is 23.9 Å². The zero-order chi connectivity index (χ0) is 19.1. The van der Waals surface area contributed by atoms with E-state index in [2.05, 4.69) is 34.2 Å². The molecule has 0 spiro atoms. The third-order valence-electron chi connectivity index (χ3n) is 4.27. The van der Waals surface area contributed by atoms with E-state index in [4.69, 9.17) is 4.74 Å². The minimum atomic E-state index is -0.349. The number of methoxy groups -OCH3 is 1. The topological polar surface area (TPSA) is 82.3 Å². The van der Waals surface area contributed by atoms with Crippen molar-refractivity contribution in [3.05, 3.63) is 32.8 Å². The Morgan fingerprint density at radius 3 is 2.85 bits per heavy atom. The number of nitriles is 1. The molecule has 140 valence electrons. The number of amides is 1. The van der Waals surface area contributed by atoms with Crippen molar-refractivity contribution in [2.24, 2.45) is 0 Å². The summed E-state index contributed by atoms with van der Waals surface area (Å²) in [5, 5.41) is 23.2. The van der Waals surface area contributed by atoms with Gasteiger partial charge in [0.15, 0.2) is 11.5 Å². The average molecular weight is 439 g/mol. The summed E-state index contributed by atoms with van der Waals surface area (Å²) in [5.74, 6) is 0.734. The normalized spacial score (nSPS) is 17.0. The minimum Gasteiger partial charge on any atom is -0.503 e. The predicted molar refractivity (Wildman–Crippen MR) is 107 cm³/mol. The summed E-state index contributed by atoms with van der Waals surface area (Å²) in [4.78, 5) is 12.2. The van der Waals surface area contributed by atoms with Crippen molar-refractivity contribution >= 4 is 33.6 Å². The lowest BCUT2D eigenvalue weighted by Gasteiger charge is -2.25. The zero-order valence-corrected chi connectivity index (χ0v) is 17.4. The summed E-state index contributed by atoms with van der Waals surface area (Å²) in [6.45, 7) is 2.17. The number of nitrogens with zero attached hydrogens (tertiary/aromatic N) is 1. The number of rotatable bonds is 8. The van der Waals surface area contributed by atoms with Gasteiger partial charge in [0.25, 0.3) is 0 Å². The largest absolute Gasteiger partial charge is 0.503 e. The van der Waals surface area contributed by atoms with Crippen LogP contribution in [0.15, 0.2) is 27.2 Å². The second kappa shape index (κ2) is 9.89. The van der Waals surface area contributed by atoms with Gasteiger partial charge in [0.1, 0.15) is 0 Å². The van der Waals surface area contributed by atoms with E-state index in [1.807, 2.05) is 0 Å². The molecule has 7 heteroatoms. The molecule has 0 unspecified atom stereocenters. The molecule has 2 N–H and O–H groups in total. The Kier molecular flexibility index (Phi) is 7.85. The maximum atomic E-state index is 12.2. The number of phenolic OH excluding ortho intramolecular Hbond substituents is 1. The Morgan fingerprint density at radius 2 is 2.19 bits per heavy atom. The first-order valence-electron chi connectivity index (χ1n) is 8.65. The number of allylic oxidation sites excluding steroid dienone is 1. The number of nitrogens with one attached hydrogen (secondary N) is 1. The smallest absolute Gasteiger partial charge is 0.225 e. The first-order valence-corrected chi connectivity index (χ1v) is 10.4. The highest BCUT2D eigenvalue weighted by atomic mass is 79.9. The van der Waals surface area contributed by atoms with Gasteiger partial charge in [-0.05, 0) is 45.8 Å². The molecule has 0 aliphatic carbocycles. The molecule has 1 heterocycles. The summed E-state index contributed by atoms with van der Waals surface area (Å²) >= 11 is 4.84. The monoisotopic (exact) mass is 438 g/mol. The number of aromatic hydroxyl groups is 1. The Morgan fingerprint density at radius 1 is 1.42 bits per heavy atom. The molecule has 1 aliphatic rings. The second-order valence-electron chi connectivity index (χ2n) is 6.12. The molecule has 0 saturated carbocycles. The van der Waals surface area contributed by atoms with E-state index in [0.717, 1.165) is 24.2 Å². The summed E-state index contributed by atoms with van der Waals surface area (Å²) < 4.78 is 5.67. The molecule has 1 amide bonds. The Hall–Kier alpha value is -1.65. The van der Waals surface area contributed by atoms with Crippen molar-refractivity contribution < 1.29 is 14.6 Å². The number of halogens is 1. The van der Waals surface area contributed by atoms with Crippen molar-refractivity contribution in [3.63, 3.8) is 0 Å². The zero-order valence-electron chi connectivity index (χ0n) is 15.0. The van der Waals surface area contributed by atoms with E-state index >= 15 is 0 Å². The lowest BCUT2D eigenvalue weighted by atomic mass is 9.87. The first-order chi connectivity index (χ1) is 12.5. The number of thioether (sulfide) groups is 1. The molecule has 1 aliphatic heterocycles. The summed E-state index contributed by atoms with van der Waals surface area (Å²) in [6, 6.07) is 5.70. The van der Waals surface area contributed by atoms with Crippen LogP contribution in [0.2, 0.25) is 0 Å². The molecule has 0 aromatic heterocycles. The Bertz CT molecular complexity index is 743. The van der Waals surface area contributed by atoms with Crippen LogP contribution in [0.3, 0.4) is 0 Å². The van der Waals surface area contributed by atoms with Gasteiger partial charge in [-0.1, -0.05) is 26.2 Å². The van der Waals surface area contributed by atoms with Gasteiger partial charge in [0, 0.05) is 12.3 Å². The number of phenols is 1. The number of benzene rings is 1. The van der Waals surface area contributed by atoms with E-state index in [9.17, 15) is 15.2 Å². The number of hydrogen-bond acceptors (Lipinski definition) is 5. The van der Waals surface area contributed by atoms with Crippen molar-refractivity contribution in [1.82, 2.24) is 5.32 Å². The standard InChI is InChI=1S/C19H23BrN2O3S/c1-3-4-5-6-7-26-19-14(11-21)13(10-17(23)22-19)12-8-15(20)18(24)16(9-12)25-2/h8-9,13,24H,3-7,10H2,1-2H3,(H,22,23)/t13-/m0/s1. The molecule has 0 saturated heterocycles. The summed E-state index contributed by atoms with van der Waals surface area (Å²) in [5.41, 5.74) is 1.33. The molecule has 0 bridgehead atoms. The molecule has 1 atom stereocenters. The molecule has 5 nitrogen and oxygen atoms in total. The lowest BCUT2D eigenvalue weighted by Crippen LogP contribution is -2.31. The van der Waals surface area contributed by atoms with Gasteiger partial charge in [0.05, 0.1) is 28.3 Å². The predicted octanol–water partition coefficient (Wildman–Crippen LogP) is 4.82. The van der Waals surface area contributed by atoms with Gasteiger partial charge < -0.3 is 15.2 Å². The van der Waals surface area contributed by atoms with Crippen LogP contribution in [0.1, 0.15) is 50.5 Å². The van der Waals surface area contributed by atoms with E-state index in [-0.39, 0.29) is 24.0 Å². The fourth-order valence-electron chi connectivity index (χ4n) is 2.87. The Balaban J connectivity index is 2.29. The number of hydrogen-bond donors (Lipinski definition) is 2. The second-order valence-corrected chi connectivity index (χ2v) is 8.08. The highest BCUT2D eigenvalue weighted by Crippen LogP contribution is 2.42. The quantitative estimate of drug-likeness (QED) is 0.568. The van der Waals surface area contributed by atoms with Gasteiger partial charge in [-0.3, -0.25) is 4.79 Å². The third-order valence-corrected chi connectivity index (χ3v) is 5.98. The fraction of sp³-hybridized carbons (Fsp3) is 0.474. The maximum Gasteiger partial charge on any atom is 0.225 e. The van der Waals surface area contributed by atoms with Crippen LogP contribution in [-0.2, 0) is 4.79 Å². The summed E-state index contributed by atoms with van der Waals surface area (Å²) in [7, 11) is 1.47. The maximum absolute atomic E-state index is 12.2. The molecular weight excluding hydrogens is 416 g/mol. The van der Waals surface area contributed by atoms with E-state index in [1.54, 1.807) is 12.1 Å². The summed E-state index contributed by atoms with van der Waals surface area (Å²) in [6.07, 6.45) is 4.77. The average Bonchev–Trinajstić information content (AvgIpc) is 2.63. The molecule has 0 radical (unpaired) electrons. The molecule has 26 heavy (non-hydrogen) atoms. The lowest BCUT2D eigenvalue weighted by molar-refractivity contribution is -0.120. The minimum absolute atomic E-state index is 0.00419. The van der Waals surface area contributed by atoms with Crippen molar-refractivity contribution in [1.29, 1.82) is 5.26 Å². The van der Waals surface area contributed by atoms with Crippen molar-refractivity contribution in [2.45, 2.75) is 44.9 Å². The van der Waals surface area contributed by atoms with Gasteiger partial charge in [-0.2, -0.15) is 5.26 Å². The molecule has 1 aromatic carbocycles. The van der Waals surface area contributed by atoms with E-state index < -0.39 is 0 Å². The van der Waals surface area contributed by atoms with Gasteiger partial charge in [0.2, 0.25) is 5.91 Å². The van der Waals surface area contributed by atoms with Crippen LogP contribution < -0.4 is 10.1 Å². The van der Waals surface area contributed by atoms with Gasteiger partial charge in [-0.15, -0.1) is 11.8 Å². The van der Waals surface area contributed by atoms with Crippen LogP contribution >= 0.6 is 27.7 Å². The molecule has 1 aromatic rings. The SMILES string of the molecule is CCCCCCSC1=C(C#N)[C@H](c2cc(Br)c(O)c(OC)c2)CC(=O)N1. The van der Waals surface area contributed by atoms with Crippen LogP contribution in [0.25, 0.3) is 0 Å². The van der Waals surface area contributed by atoms with Crippen LogP contribution in [0, 0.1) is 11.3 Å². The first kappa shape index (κ1) is 20.7. The van der Waals surface area contributed by atoms with Crippen LogP contribution in [0.4, 0.5) is 0 Å². The number of unbranched alkanes of at least 4 members (excludes halogenated alkanes) is 3. The van der Waals surface area contributed by atoms with Gasteiger partial charge in [-0.25, -0.2) is 0 Å². The fourth-order valence-corrected chi connectivity index (χ4v) is 4.41. The number of ether oxygens (including phenoxy) is 1. The third kappa shape index (κ3) is 4.95. The Labute approximate surface area is 166 Å². The van der Waals surface area contributed by atoms with Crippen molar-refractivity contribution in [3.8, 4) is 17.6 Å². The highest BCUT2D eigenvalue weighted by Gasteiger charge is 2.30. The highest BCUT2D eigenvalue weighted by molar-refractivity contribution is 9.10.